The van der Waals surface area contributed by atoms with Gasteiger partial charge in [-0.1, -0.05) is 41.7 Å². The van der Waals surface area contributed by atoms with E-state index in [-0.39, 0.29) is 28.7 Å². The molecule has 8 heteroatoms. The van der Waals surface area contributed by atoms with Crippen LogP contribution in [0.15, 0.2) is 36.5 Å². The van der Waals surface area contributed by atoms with E-state index < -0.39 is 0 Å². The summed E-state index contributed by atoms with van der Waals surface area (Å²) >= 11 is 17.7. The average molecular weight is 439 g/mol. The lowest BCUT2D eigenvalue weighted by Crippen LogP contribution is -2.77. The molecule has 3 aliphatic rings. The molecule has 2 aromatic rings. The van der Waals surface area contributed by atoms with Gasteiger partial charge in [0.2, 0.25) is 5.91 Å². The standard InChI is InChI=1S/C20H18Cl3N3O2/c1-11(17(27)25-13-3-5-16(23)24-7-13)19-8-20(9-19,10-19)26-18(28)12-2-4-14(21)15(22)6-12/h2-7,11H,8-10H2,1H3,(H,25,27)(H,26,28). The van der Waals surface area contributed by atoms with E-state index in [1.165, 1.54) is 6.20 Å². The van der Waals surface area contributed by atoms with Crippen molar-refractivity contribution in [1.29, 1.82) is 0 Å². The Bertz CT molecular complexity index is 942. The fourth-order valence-corrected chi connectivity index (χ4v) is 4.80. The number of hydrogen-bond acceptors (Lipinski definition) is 3. The van der Waals surface area contributed by atoms with Gasteiger partial charge in [-0.25, -0.2) is 4.98 Å². The van der Waals surface area contributed by atoms with Crippen LogP contribution in [-0.4, -0.2) is 22.3 Å². The minimum absolute atomic E-state index is 0.0479. The Hall–Kier alpha value is -1.82. The first-order valence-electron chi connectivity index (χ1n) is 8.92. The molecule has 0 aliphatic heterocycles. The Morgan fingerprint density at radius 2 is 1.79 bits per heavy atom. The molecule has 146 valence electrons. The number of carbonyl (C=O) groups is 2. The van der Waals surface area contributed by atoms with E-state index in [2.05, 4.69) is 15.6 Å². The molecular weight excluding hydrogens is 421 g/mol. The number of nitrogens with one attached hydrogen (secondary N) is 2. The number of aromatic nitrogens is 1. The summed E-state index contributed by atoms with van der Waals surface area (Å²) < 4.78 is 0. The molecular formula is C20H18Cl3N3O2. The highest BCUT2D eigenvalue weighted by Gasteiger charge is 2.71. The van der Waals surface area contributed by atoms with Gasteiger partial charge in [0.25, 0.3) is 5.91 Å². The highest BCUT2D eigenvalue weighted by molar-refractivity contribution is 6.42. The third-order valence-corrected chi connectivity index (χ3v) is 6.90. The predicted molar refractivity (Wildman–Crippen MR) is 110 cm³/mol. The second kappa shape index (κ2) is 6.90. The third kappa shape index (κ3) is 3.36. The van der Waals surface area contributed by atoms with Crippen LogP contribution in [0.25, 0.3) is 0 Å². The summed E-state index contributed by atoms with van der Waals surface area (Å²) in [6.45, 7) is 1.93. The molecule has 2 amide bonds. The summed E-state index contributed by atoms with van der Waals surface area (Å²) in [7, 11) is 0. The van der Waals surface area contributed by atoms with Gasteiger partial charge < -0.3 is 10.6 Å². The molecule has 1 aromatic carbocycles. The fraction of sp³-hybridized carbons (Fsp3) is 0.350. The van der Waals surface area contributed by atoms with Gasteiger partial charge in [-0.2, -0.15) is 0 Å². The number of benzene rings is 1. The van der Waals surface area contributed by atoms with Crippen LogP contribution in [0, 0.1) is 11.3 Å². The zero-order chi connectivity index (χ0) is 20.1. The number of hydrogen-bond donors (Lipinski definition) is 2. The Morgan fingerprint density at radius 3 is 2.39 bits per heavy atom. The fourth-order valence-electron chi connectivity index (χ4n) is 4.39. The highest BCUT2D eigenvalue weighted by Crippen LogP contribution is 2.70. The molecule has 5 rings (SSSR count). The maximum atomic E-state index is 12.6. The number of carbonyl (C=O) groups excluding carboxylic acids is 2. The second-order valence-corrected chi connectivity index (χ2v) is 9.04. The first-order chi connectivity index (χ1) is 13.2. The van der Waals surface area contributed by atoms with Crippen molar-refractivity contribution in [2.45, 2.75) is 31.7 Å². The van der Waals surface area contributed by atoms with Crippen molar-refractivity contribution >= 4 is 52.3 Å². The molecule has 0 saturated heterocycles. The molecule has 1 aromatic heterocycles. The normalized spacial score (nSPS) is 25.9. The van der Waals surface area contributed by atoms with Crippen LogP contribution < -0.4 is 10.6 Å². The molecule has 0 spiro atoms. The van der Waals surface area contributed by atoms with E-state index in [0.717, 1.165) is 19.3 Å². The maximum Gasteiger partial charge on any atom is 0.251 e. The molecule has 0 radical (unpaired) electrons. The van der Waals surface area contributed by atoms with Crippen LogP contribution in [0.1, 0.15) is 36.5 Å². The monoisotopic (exact) mass is 437 g/mol. The summed E-state index contributed by atoms with van der Waals surface area (Å²) in [4.78, 5) is 29.1. The molecule has 3 saturated carbocycles. The summed E-state index contributed by atoms with van der Waals surface area (Å²) in [6.07, 6.45) is 3.91. The van der Waals surface area contributed by atoms with E-state index in [0.29, 0.717) is 26.4 Å². The van der Waals surface area contributed by atoms with Crippen molar-refractivity contribution in [3.05, 3.63) is 57.3 Å². The van der Waals surface area contributed by atoms with Crippen molar-refractivity contribution in [2.75, 3.05) is 5.32 Å². The number of rotatable bonds is 5. The lowest BCUT2D eigenvalue weighted by atomic mass is 9.36. The largest absolute Gasteiger partial charge is 0.347 e. The summed E-state index contributed by atoms with van der Waals surface area (Å²) in [5.41, 5.74) is 0.818. The molecule has 3 fully saturated rings. The van der Waals surface area contributed by atoms with Gasteiger partial charge in [0.1, 0.15) is 5.15 Å². The van der Waals surface area contributed by atoms with Crippen molar-refractivity contribution in [3.8, 4) is 0 Å². The van der Waals surface area contributed by atoms with E-state index in [1.807, 2.05) is 6.92 Å². The number of halogens is 3. The van der Waals surface area contributed by atoms with Crippen molar-refractivity contribution in [2.24, 2.45) is 11.3 Å². The zero-order valence-corrected chi connectivity index (χ0v) is 17.3. The first-order valence-corrected chi connectivity index (χ1v) is 10.1. The first kappa shape index (κ1) is 19.5. The molecule has 5 nitrogen and oxygen atoms in total. The summed E-state index contributed by atoms with van der Waals surface area (Å²) in [6, 6.07) is 8.19. The van der Waals surface area contributed by atoms with E-state index in [1.54, 1.807) is 30.3 Å². The van der Waals surface area contributed by atoms with Crippen molar-refractivity contribution in [3.63, 3.8) is 0 Å². The van der Waals surface area contributed by atoms with Gasteiger partial charge in [0.05, 0.1) is 21.9 Å². The van der Waals surface area contributed by atoms with E-state index in [9.17, 15) is 9.59 Å². The minimum atomic E-state index is -0.223. The minimum Gasteiger partial charge on any atom is -0.347 e. The van der Waals surface area contributed by atoms with Crippen LogP contribution in [0.2, 0.25) is 15.2 Å². The van der Waals surface area contributed by atoms with Gasteiger partial charge in [0.15, 0.2) is 0 Å². The smallest absolute Gasteiger partial charge is 0.251 e. The van der Waals surface area contributed by atoms with E-state index in [4.69, 9.17) is 34.8 Å². The maximum absolute atomic E-state index is 12.6. The second-order valence-electron chi connectivity index (χ2n) is 7.84. The Morgan fingerprint density at radius 1 is 1.07 bits per heavy atom. The van der Waals surface area contributed by atoms with Gasteiger partial charge in [-0.15, -0.1) is 0 Å². The number of amides is 2. The third-order valence-electron chi connectivity index (χ3n) is 5.94. The lowest BCUT2D eigenvalue weighted by Gasteiger charge is -2.72. The van der Waals surface area contributed by atoms with Crippen molar-refractivity contribution in [1.82, 2.24) is 10.3 Å². The quantitative estimate of drug-likeness (QED) is 0.648. The van der Waals surface area contributed by atoms with Gasteiger partial charge in [-0.05, 0) is 55.0 Å². The molecule has 1 atom stereocenters. The summed E-state index contributed by atoms with van der Waals surface area (Å²) in [5, 5.41) is 7.13. The van der Waals surface area contributed by atoms with Crippen LogP contribution in [0.4, 0.5) is 5.69 Å². The summed E-state index contributed by atoms with van der Waals surface area (Å²) in [5.74, 6) is -0.378. The van der Waals surface area contributed by atoms with Gasteiger partial charge in [0, 0.05) is 17.0 Å². The van der Waals surface area contributed by atoms with Gasteiger partial charge in [-0.3, -0.25) is 9.59 Å². The number of nitrogens with zero attached hydrogens (tertiary/aromatic N) is 1. The predicted octanol–water partition coefficient (Wildman–Crippen LogP) is 4.97. The Balaban J connectivity index is 1.34. The SMILES string of the molecule is CC(C(=O)Nc1ccc(Cl)nc1)C12CC(NC(=O)c3ccc(Cl)c(Cl)c3)(C1)C2. The molecule has 28 heavy (non-hydrogen) atoms. The Labute approximate surface area is 177 Å². The average Bonchev–Trinajstić information content (AvgIpc) is 2.60. The Kier molecular flexibility index (Phi) is 4.81. The van der Waals surface area contributed by atoms with Crippen LogP contribution in [-0.2, 0) is 4.79 Å². The number of pyridine rings is 1. The molecule has 1 heterocycles. The van der Waals surface area contributed by atoms with E-state index >= 15 is 0 Å². The zero-order valence-electron chi connectivity index (χ0n) is 15.1. The van der Waals surface area contributed by atoms with Crippen LogP contribution in [0.3, 0.4) is 0 Å². The van der Waals surface area contributed by atoms with Crippen molar-refractivity contribution < 1.29 is 9.59 Å². The lowest BCUT2D eigenvalue weighted by molar-refractivity contribution is -0.184. The van der Waals surface area contributed by atoms with Crippen LogP contribution in [0.5, 0.6) is 0 Å². The topological polar surface area (TPSA) is 71.1 Å². The number of anilines is 1. The van der Waals surface area contributed by atoms with Crippen LogP contribution >= 0.6 is 34.8 Å². The van der Waals surface area contributed by atoms with Gasteiger partial charge >= 0.3 is 0 Å². The molecule has 2 bridgehead atoms. The molecule has 2 N–H and O–H groups in total. The molecule has 1 unspecified atom stereocenters. The molecule has 3 aliphatic carbocycles. The highest BCUT2D eigenvalue weighted by atomic mass is 35.5.